The first-order valence-corrected chi connectivity index (χ1v) is 13.1. The summed E-state index contributed by atoms with van der Waals surface area (Å²) in [6.45, 7) is 12.8. The molecule has 0 fully saturated rings. The third-order valence-corrected chi connectivity index (χ3v) is 7.83. The van der Waals surface area contributed by atoms with Crippen LogP contribution in [0, 0.1) is 24.2 Å². The number of hydrogen-bond donors (Lipinski definition) is 2. The van der Waals surface area contributed by atoms with Crippen LogP contribution >= 0.6 is 11.3 Å². The zero-order valence-corrected chi connectivity index (χ0v) is 22.4. The Morgan fingerprint density at radius 2 is 1.91 bits per heavy atom. The molecule has 0 aromatic carbocycles. The van der Waals surface area contributed by atoms with Gasteiger partial charge in [-0.3, -0.25) is 9.59 Å². The van der Waals surface area contributed by atoms with Gasteiger partial charge in [-0.2, -0.15) is 0 Å². The van der Waals surface area contributed by atoms with E-state index < -0.39 is 35.6 Å². The van der Waals surface area contributed by atoms with Crippen LogP contribution in [0.25, 0.3) is 6.08 Å². The van der Waals surface area contributed by atoms with Crippen molar-refractivity contribution in [3.8, 4) is 0 Å². The lowest BCUT2D eigenvalue weighted by Gasteiger charge is -2.34. The summed E-state index contributed by atoms with van der Waals surface area (Å²) in [5.41, 5.74) is 1.71. The Morgan fingerprint density at radius 3 is 2.53 bits per heavy atom. The fraction of sp³-hybridized carbons (Fsp3) is 0.667. The van der Waals surface area contributed by atoms with Crippen LogP contribution in [-0.4, -0.2) is 45.3 Å². The minimum Gasteiger partial charge on any atom is -0.457 e. The van der Waals surface area contributed by atoms with Crippen LogP contribution in [0.5, 0.6) is 0 Å². The van der Waals surface area contributed by atoms with Crippen molar-refractivity contribution in [3.05, 3.63) is 33.3 Å². The number of hydrogen-bond acceptors (Lipinski definition) is 7. The highest BCUT2D eigenvalue weighted by atomic mass is 32.1. The molecule has 1 aliphatic rings. The third kappa shape index (κ3) is 7.59. The van der Waals surface area contributed by atoms with Gasteiger partial charge in [-0.15, -0.1) is 11.3 Å². The first kappa shape index (κ1) is 28.4. The molecule has 1 aromatic rings. The van der Waals surface area contributed by atoms with Crippen molar-refractivity contribution in [2.45, 2.75) is 98.9 Å². The van der Waals surface area contributed by atoms with Gasteiger partial charge in [-0.1, -0.05) is 39.3 Å². The van der Waals surface area contributed by atoms with Crippen molar-refractivity contribution >= 4 is 29.2 Å². The van der Waals surface area contributed by atoms with Crippen LogP contribution in [0.3, 0.4) is 0 Å². The van der Waals surface area contributed by atoms with Gasteiger partial charge in [-0.05, 0) is 57.6 Å². The van der Waals surface area contributed by atoms with Gasteiger partial charge in [0, 0.05) is 17.7 Å². The van der Waals surface area contributed by atoms with E-state index in [9.17, 15) is 19.8 Å². The number of carbonyl (C=O) groups is 2. The molecule has 0 bridgehead atoms. The molecule has 1 aliphatic heterocycles. The lowest BCUT2D eigenvalue weighted by Crippen LogP contribution is -2.45. The minimum atomic E-state index is -1.21. The third-order valence-electron chi connectivity index (χ3n) is 7.04. The average Bonchev–Trinajstić information content (AvgIpc) is 3.18. The molecule has 0 amide bonds. The van der Waals surface area contributed by atoms with E-state index >= 15 is 0 Å². The second kappa shape index (κ2) is 12.2. The number of ether oxygens (including phenoxy) is 1. The van der Waals surface area contributed by atoms with Gasteiger partial charge >= 0.3 is 5.97 Å². The van der Waals surface area contributed by atoms with E-state index in [4.69, 9.17) is 4.74 Å². The van der Waals surface area contributed by atoms with Gasteiger partial charge in [0.05, 0.1) is 34.7 Å². The SMILES string of the molecule is C/C1=C\CC(/C(C)=C/c2csc(C)n2)OC(=O)C[C@@H](O)C(C)(C)C(=O)[C@@H](C)[C@H](O)[C@H](C)CCC1. The highest BCUT2D eigenvalue weighted by Crippen LogP contribution is 2.32. The van der Waals surface area contributed by atoms with Crippen LogP contribution in [-0.2, 0) is 14.3 Å². The Balaban J connectivity index is 2.33. The average molecular weight is 492 g/mol. The number of esters is 1. The second-order valence-electron chi connectivity index (χ2n) is 10.4. The zero-order chi connectivity index (χ0) is 25.6. The van der Waals surface area contributed by atoms with Crippen LogP contribution in [0.1, 0.15) is 84.3 Å². The molecule has 0 spiro atoms. The Hall–Kier alpha value is -1.83. The number of rotatable bonds is 2. The molecule has 1 aromatic heterocycles. The highest BCUT2D eigenvalue weighted by Gasteiger charge is 2.42. The Morgan fingerprint density at radius 1 is 1.24 bits per heavy atom. The molecule has 0 saturated carbocycles. The van der Waals surface area contributed by atoms with Crippen LogP contribution in [0.4, 0.5) is 0 Å². The van der Waals surface area contributed by atoms with E-state index in [1.807, 2.05) is 32.2 Å². The van der Waals surface area contributed by atoms with E-state index in [1.165, 1.54) is 5.57 Å². The number of thiazole rings is 1. The predicted molar refractivity (Wildman–Crippen MR) is 136 cm³/mol. The number of nitrogens with zero attached hydrogens (tertiary/aromatic N) is 1. The number of aryl methyl sites for hydroxylation is 1. The van der Waals surface area contributed by atoms with Crippen LogP contribution in [0.15, 0.2) is 22.6 Å². The zero-order valence-electron chi connectivity index (χ0n) is 21.6. The number of allylic oxidation sites excluding steroid dienone is 1. The van der Waals surface area contributed by atoms with E-state index in [-0.39, 0.29) is 18.1 Å². The van der Waals surface area contributed by atoms with Gasteiger partial charge in [0.25, 0.3) is 0 Å². The maximum atomic E-state index is 13.2. The second-order valence-corrected chi connectivity index (χ2v) is 11.5. The lowest BCUT2D eigenvalue weighted by molar-refractivity contribution is -0.154. The number of aliphatic hydroxyl groups excluding tert-OH is 2. The monoisotopic (exact) mass is 491 g/mol. The summed E-state index contributed by atoms with van der Waals surface area (Å²) < 4.78 is 5.81. The predicted octanol–water partition coefficient (Wildman–Crippen LogP) is 5.27. The van der Waals surface area contributed by atoms with Crippen molar-refractivity contribution in [2.24, 2.45) is 17.3 Å². The summed E-state index contributed by atoms with van der Waals surface area (Å²) in [7, 11) is 0. The molecule has 0 aliphatic carbocycles. The molecule has 190 valence electrons. The number of ketones is 1. The number of aromatic nitrogens is 1. The lowest BCUT2D eigenvalue weighted by atomic mass is 9.73. The van der Waals surface area contributed by atoms with Crippen LogP contribution in [0.2, 0.25) is 0 Å². The summed E-state index contributed by atoms with van der Waals surface area (Å²) in [6, 6.07) is 0. The number of cyclic esters (lactones) is 1. The van der Waals surface area contributed by atoms with Crippen molar-refractivity contribution in [1.82, 2.24) is 4.98 Å². The fourth-order valence-corrected chi connectivity index (χ4v) is 4.97. The van der Waals surface area contributed by atoms with Gasteiger partial charge in [0.15, 0.2) is 0 Å². The van der Waals surface area contributed by atoms with Crippen LogP contribution < -0.4 is 0 Å². The maximum absolute atomic E-state index is 13.2. The highest BCUT2D eigenvalue weighted by molar-refractivity contribution is 7.09. The normalized spacial score (nSPS) is 32.1. The van der Waals surface area contributed by atoms with E-state index in [1.54, 1.807) is 32.1 Å². The van der Waals surface area contributed by atoms with Gasteiger partial charge in [-0.25, -0.2) is 4.98 Å². The molecule has 0 radical (unpaired) electrons. The summed E-state index contributed by atoms with van der Waals surface area (Å²) in [5.74, 6) is -1.49. The van der Waals surface area contributed by atoms with Crippen molar-refractivity contribution in [3.63, 3.8) is 0 Å². The maximum Gasteiger partial charge on any atom is 0.309 e. The van der Waals surface area contributed by atoms with E-state index in [2.05, 4.69) is 18.0 Å². The molecule has 34 heavy (non-hydrogen) atoms. The fourth-order valence-electron chi connectivity index (χ4n) is 4.40. The number of aliphatic hydroxyl groups is 2. The largest absolute Gasteiger partial charge is 0.457 e. The molecule has 1 unspecified atom stereocenters. The summed E-state index contributed by atoms with van der Waals surface area (Å²) in [5, 5.41) is 24.5. The topological polar surface area (TPSA) is 96.7 Å². The first-order valence-electron chi connectivity index (χ1n) is 12.2. The number of carbonyl (C=O) groups excluding carboxylic acids is 2. The molecule has 2 rings (SSSR count). The molecule has 2 N–H and O–H groups in total. The molecule has 5 atom stereocenters. The van der Waals surface area contributed by atoms with Crippen molar-refractivity contribution in [2.75, 3.05) is 0 Å². The minimum absolute atomic E-state index is 0.0444. The molecule has 0 saturated heterocycles. The smallest absolute Gasteiger partial charge is 0.309 e. The molecular formula is C27H41NO5S. The standard InChI is InChI=1S/C27H41NO5S/c1-16-9-8-10-17(2)25(31)19(4)26(32)27(6,7)23(29)14-24(30)33-22(12-11-16)18(3)13-21-15-34-20(5)28-21/h11,13,15,17,19,22-23,25,29,31H,8-10,12,14H2,1-7H3/b16-11+,18-13+/t17-,19+,22?,23-,25-/m1/s1. The molecular weight excluding hydrogens is 450 g/mol. The van der Waals surface area contributed by atoms with E-state index in [0.717, 1.165) is 35.5 Å². The number of Topliss-reactive ketones (excluding diaryl/α,β-unsaturated/α-hetero) is 1. The van der Waals surface area contributed by atoms with Gasteiger partial charge < -0.3 is 14.9 Å². The van der Waals surface area contributed by atoms with Gasteiger partial charge in [0.2, 0.25) is 0 Å². The Bertz CT molecular complexity index is 916. The Labute approximate surface area is 208 Å². The van der Waals surface area contributed by atoms with E-state index in [0.29, 0.717) is 6.42 Å². The van der Waals surface area contributed by atoms with Gasteiger partial charge in [0.1, 0.15) is 11.9 Å². The van der Waals surface area contributed by atoms with Crippen molar-refractivity contribution in [1.29, 1.82) is 0 Å². The quantitative estimate of drug-likeness (QED) is 0.432. The molecule has 6 nitrogen and oxygen atoms in total. The first-order chi connectivity index (χ1) is 15.8. The van der Waals surface area contributed by atoms with Crippen molar-refractivity contribution < 1.29 is 24.5 Å². The summed E-state index contributed by atoms with van der Waals surface area (Å²) in [6.07, 6.45) is 4.33. The Kier molecular flexibility index (Phi) is 10.2. The summed E-state index contributed by atoms with van der Waals surface area (Å²) in [4.78, 5) is 30.5. The molecule has 2 heterocycles. The summed E-state index contributed by atoms with van der Waals surface area (Å²) >= 11 is 1.56. The molecule has 7 heteroatoms.